The first kappa shape index (κ1) is 12.7. The maximum Gasteiger partial charge on any atom is 0.157 e. The number of imidazole rings is 1. The lowest BCUT2D eigenvalue weighted by Crippen LogP contribution is -2.24. The molecule has 1 aliphatic rings. The van der Waals surface area contributed by atoms with Gasteiger partial charge in [0.25, 0.3) is 0 Å². The molecule has 3 N–H and O–H groups in total. The van der Waals surface area contributed by atoms with Gasteiger partial charge in [-0.15, -0.1) is 0 Å². The molecule has 8 heteroatoms. The van der Waals surface area contributed by atoms with Gasteiger partial charge in [-0.05, 0) is 6.92 Å². The van der Waals surface area contributed by atoms with Crippen molar-refractivity contribution in [1.29, 1.82) is 0 Å². The molecule has 0 amide bonds. The number of aromatic amines is 1. The molecule has 0 spiro atoms. The fourth-order valence-corrected chi connectivity index (χ4v) is 2.60. The molecule has 0 saturated carbocycles. The molecule has 0 radical (unpaired) electrons. The summed E-state index contributed by atoms with van der Waals surface area (Å²) in [4.78, 5) is 11.5. The number of nitrogens with one attached hydrogen (secondary N) is 1. The Kier molecular flexibility index (Phi) is 3.09. The summed E-state index contributed by atoms with van der Waals surface area (Å²) in [6, 6.07) is 0. The van der Waals surface area contributed by atoms with Crippen LogP contribution in [0, 0.1) is 11.6 Å². The molecule has 3 heterocycles. The van der Waals surface area contributed by atoms with Crippen LogP contribution < -0.4 is 0 Å². The quantitative estimate of drug-likeness (QED) is 0.692. The number of hydrogen-bond donors (Lipinski definition) is 3. The smallest absolute Gasteiger partial charge is 0.157 e. The minimum Gasteiger partial charge on any atom is -0.394 e. The number of ether oxygens (including phenoxy) is 1. The van der Waals surface area contributed by atoms with Crippen molar-refractivity contribution in [2.45, 2.75) is 31.8 Å². The van der Waals surface area contributed by atoms with Gasteiger partial charge in [-0.3, -0.25) is 4.57 Å². The second kappa shape index (κ2) is 4.64. The first-order valence-electron chi connectivity index (χ1n) is 5.98. The van der Waals surface area contributed by atoms with E-state index in [1.807, 2.05) is 6.92 Å². The van der Waals surface area contributed by atoms with Crippen molar-refractivity contribution < 1.29 is 14.9 Å². The minimum absolute atomic E-state index is 0.207. The Morgan fingerprint density at radius 1 is 1.63 bits per heavy atom. The van der Waals surface area contributed by atoms with Crippen molar-refractivity contribution in [3.8, 4) is 0 Å². The van der Waals surface area contributed by atoms with E-state index < -0.39 is 12.2 Å². The van der Waals surface area contributed by atoms with E-state index in [2.05, 4.69) is 15.0 Å². The van der Waals surface area contributed by atoms with Gasteiger partial charge in [-0.25, -0.2) is 9.97 Å². The maximum absolute atomic E-state index is 9.78. The molecule has 0 bridgehead atoms. The van der Waals surface area contributed by atoms with Crippen LogP contribution in [-0.2, 0) is 4.74 Å². The van der Waals surface area contributed by atoms with Crippen molar-refractivity contribution >= 4 is 23.4 Å². The van der Waals surface area contributed by atoms with E-state index in [0.717, 1.165) is 0 Å². The van der Waals surface area contributed by atoms with Crippen LogP contribution in [0.2, 0.25) is 0 Å². The fourth-order valence-electron chi connectivity index (χ4n) is 2.31. The molecule has 19 heavy (non-hydrogen) atoms. The summed E-state index contributed by atoms with van der Waals surface area (Å²) in [5.41, 5.74) is 1.32. The van der Waals surface area contributed by atoms with Gasteiger partial charge < -0.3 is 19.9 Å². The Labute approximate surface area is 113 Å². The van der Waals surface area contributed by atoms with Gasteiger partial charge in [0.1, 0.15) is 29.3 Å². The van der Waals surface area contributed by atoms with E-state index in [4.69, 9.17) is 22.1 Å². The number of H-pyrrole nitrogens is 1. The lowest BCUT2D eigenvalue weighted by molar-refractivity contribution is -0.0432. The van der Waals surface area contributed by atoms with Crippen molar-refractivity contribution in [2.24, 2.45) is 0 Å². The van der Waals surface area contributed by atoms with Crippen LogP contribution in [0.5, 0.6) is 0 Å². The van der Waals surface area contributed by atoms with Gasteiger partial charge in [-0.2, -0.15) is 0 Å². The van der Waals surface area contributed by atoms with Crippen molar-refractivity contribution in [2.75, 3.05) is 6.61 Å². The molecule has 2 aromatic heterocycles. The number of fused-ring (bicyclic) bond motifs is 1. The van der Waals surface area contributed by atoms with Crippen LogP contribution in [0.15, 0.2) is 6.33 Å². The Morgan fingerprint density at radius 3 is 3.11 bits per heavy atom. The largest absolute Gasteiger partial charge is 0.394 e. The maximum atomic E-state index is 9.78. The molecule has 0 aliphatic carbocycles. The van der Waals surface area contributed by atoms with Gasteiger partial charge in [0.15, 0.2) is 4.64 Å². The molecule has 3 atom stereocenters. The van der Waals surface area contributed by atoms with Crippen molar-refractivity contribution in [3.05, 3.63) is 16.8 Å². The van der Waals surface area contributed by atoms with Gasteiger partial charge in [-0.1, -0.05) is 12.2 Å². The van der Waals surface area contributed by atoms with Gasteiger partial charge in [0.2, 0.25) is 0 Å². The highest BCUT2D eigenvalue weighted by atomic mass is 32.1. The molecular weight excluding hydrogens is 268 g/mol. The van der Waals surface area contributed by atoms with Crippen LogP contribution in [0.25, 0.3) is 11.2 Å². The molecule has 3 rings (SSSR count). The number of nitrogens with zero attached hydrogens (tertiary/aromatic N) is 3. The van der Waals surface area contributed by atoms with E-state index in [0.29, 0.717) is 28.0 Å². The monoisotopic (exact) mass is 282 g/mol. The van der Waals surface area contributed by atoms with Crippen molar-refractivity contribution in [3.63, 3.8) is 0 Å². The van der Waals surface area contributed by atoms with Crippen LogP contribution >= 0.6 is 12.2 Å². The molecule has 0 unspecified atom stereocenters. The summed E-state index contributed by atoms with van der Waals surface area (Å²) in [5.74, 6) is 0.691. The molecule has 7 nitrogen and oxygen atoms in total. The van der Waals surface area contributed by atoms with Gasteiger partial charge in [0.05, 0.1) is 19.0 Å². The van der Waals surface area contributed by atoms with Gasteiger partial charge >= 0.3 is 0 Å². The Morgan fingerprint density at radius 2 is 2.42 bits per heavy atom. The molecule has 1 fully saturated rings. The number of rotatable bonds is 2. The molecule has 1 aliphatic heterocycles. The molecule has 2 aromatic rings. The number of aromatic nitrogens is 4. The number of hydrogen-bond acceptors (Lipinski definition) is 6. The summed E-state index contributed by atoms with van der Waals surface area (Å²) < 4.78 is 7.81. The number of aliphatic hydroxyl groups excluding tert-OH is 2. The fraction of sp³-hybridized carbons (Fsp3) is 0.545. The summed E-state index contributed by atoms with van der Waals surface area (Å²) in [6.07, 6.45) is 0.393. The SMILES string of the molecule is Cc1nc(=S)c2ncn([C@H]3C[C@H](O)[C@@H](CO)O3)c2[nH]1. The van der Waals surface area contributed by atoms with Crippen molar-refractivity contribution in [1.82, 2.24) is 19.5 Å². The second-order valence-electron chi connectivity index (χ2n) is 4.59. The molecule has 1 saturated heterocycles. The predicted octanol–water partition coefficient (Wildman–Crippen LogP) is 0.438. The first-order chi connectivity index (χ1) is 9.10. The summed E-state index contributed by atoms with van der Waals surface area (Å²) in [7, 11) is 0. The summed E-state index contributed by atoms with van der Waals surface area (Å²) in [5, 5.41) is 18.9. The Balaban J connectivity index is 2.05. The normalized spacial score (nSPS) is 27.2. The zero-order valence-electron chi connectivity index (χ0n) is 10.3. The standard InChI is InChI=1S/C11H14N4O3S/c1-5-13-10-9(11(19)14-5)12-4-15(10)8-2-6(17)7(3-16)18-8/h4,6-8,16-17H,2-3H2,1H3,(H,13,14,19)/t6-,7+,8+/m0/s1. The minimum atomic E-state index is -0.682. The zero-order valence-corrected chi connectivity index (χ0v) is 11.1. The molecule has 0 aromatic carbocycles. The lowest BCUT2D eigenvalue weighted by Gasteiger charge is -2.14. The highest BCUT2D eigenvalue weighted by Crippen LogP contribution is 2.30. The third-order valence-electron chi connectivity index (χ3n) is 3.26. The van der Waals surface area contributed by atoms with Crippen LogP contribution in [0.1, 0.15) is 18.5 Å². The average Bonchev–Trinajstić information content (AvgIpc) is 2.92. The highest BCUT2D eigenvalue weighted by Gasteiger charge is 2.35. The van der Waals surface area contributed by atoms with Crippen LogP contribution in [-0.4, -0.2) is 48.5 Å². The third-order valence-corrected chi connectivity index (χ3v) is 3.54. The number of aliphatic hydroxyl groups is 2. The first-order valence-corrected chi connectivity index (χ1v) is 6.39. The molecule has 102 valence electrons. The number of aryl methyl sites for hydroxylation is 1. The van der Waals surface area contributed by atoms with E-state index in [1.54, 1.807) is 10.9 Å². The van der Waals surface area contributed by atoms with E-state index in [-0.39, 0.29) is 12.8 Å². The predicted molar refractivity (Wildman–Crippen MR) is 69.1 cm³/mol. The summed E-state index contributed by atoms with van der Waals surface area (Å²) >= 11 is 5.16. The summed E-state index contributed by atoms with van der Waals surface area (Å²) in [6.45, 7) is 1.61. The van der Waals surface area contributed by atoms with E-state index in [1.165, 1.54) is 0 Å². The highest BCUT2D eigenvalue weighted by molar-refractivity contribution is 7.71. The lowest BCUT2D eigenvalue weighted by atomic mass is 10.2. The van der Waals surface area contributed by atoms with E-state index in [9.17, 15) is 5.11 Å². The van der Waals surface area contributed by atoms with Crippen LogP contribution in [0.3, 0.4) is 0 Å². The second-order valence-corrected chi connectivity index (χ2v) is 4.98. The zero-order chi connectivity index (χ0) is 13.6. The molecular formula is C11H14N4O3S. The van der Waals surface area contributed by atoms with E-state index >= 15 is 0 Å². The Hall–Kier alpha value is -1.35. The average molecular weight is 282 g/mol. The topological polar surface area (TPSA) is 96.2 Å². The Bertz CT molecular complexity index is 667. The third kappa shape index (κ3) is 2.06. The van der Waals surface area contributed by atoms with Gasteiger partial charge in [0, 0.05) is 6.42 Å². The van der Waals surface area contributed by atoms with Crippen LogP contribution in [0.4, 0.5) is 0 Å².